The predicted molar refractivity (Wildman–Crippen MR) is 39.2 cm³/mol. The van der Waals surface area contributed by atoms with Crippen molar-refractivity contribution in [3.05, 3.63) is 11.8 Å². The SMILES string of the molecule is O=C(O)/C=C(\OS(=O)(=O)Cl)C(=O)O. The third-order valence-electron chi connectivity index (χ3n) is 0.655. The smallest absolute Gasteiger partial charge is 0.401 e. The predicted octanol–water partition coefficient (Wildman–Crippen LogP) is -0.460. The van der Waals surface area contributed by atoms with E-state index in [9.17, 15) is 18.0 Å². The Balaban J connectivity index is 4.86. The first-order chi connectivity index (χ1) is 5.72. The van der Waals surface area contributed by atoms with Gasteiger partial charge in [0.05, 0.1) is 16.8 Å². The molecule has 74 valence electrons. The van der Waals surface area contributed by atoms with E-state index in [1.807, 2.05) is 0 Å². The van der Waals surface area contributed by atoms with Crippen LogP contribution in [0.1, 0.15) is 0 Å². The quantitative estimate of drug-likeness (QED) is 0.381. The Bertz CT molecular complexity index is 353. The minimum absolute atomic E-state index is 0.0578. The minimum Gasteiger partial charge on any atom is -0.478 e. The highest BCUT2D eigenvalue weighted by Crippen LogP contribution is 2.07. The van der Waals surface area contributed by atoms with Gasteiger partial charge in [0, 0.05) is 0 Å². The lowest BCUT2D eigenvalue weighted by molar-refractivity contribution is -0.137. The summed E-state index contributed by atoms with van der Waals surface area (Å²) in [7, 11) is -0.0459. The minimum atomic E-state index is -4.55. The van der Waals surface area contributed by atoms with Crippen molar-refractivity contribution < 1.29 is 32.4 Å². The van der Waals surface area contributed by atoms with Crippen molar-refractivity contribution in [3.63, 3.8) is 0 Å². The summed E-state index contributed by atoms with van der Waals surface area (Å²) in [6.07, 6.45) is 0.0578. The summed E-state index contributed by atoms with van der Waals surface area (Å²) >= 11 is 0. The van der Waals surface area contributed by atoms with Crippen LogP contribution in [0.3, 0.4) is 0 Å². The molecule has 0 amide bonds. The van der Waals surface area contributed by atoms with Crippen LogP contribution < -0.4 is 0 Å². The van der Waals surface area contributed by atoms with Gasteiger partial charge in [-0.25, -0.2) is 9.59 Å². The first-order valence-corrected chi connectivity index (χ1v) is 4.78. The number of carboxylic acid groups (broad SMARTS) is 2. The van der Waals surface area contributed by atoms with Crippen LogP contribution in [-0.4, -0.2) is 30.6 Å². The molecule has 2 N–H and O–H groups in total. The van der Waals surface area contributed by atoms with Crippen molar-refractivity contribution in [2.24, 2.45) is 0 Å². The molecule has 0 saturated heterocycles. The maximum Gasteiger partial charge on any atom is 0.401 e. The highest BCUT2D eigenvalue weighted by Gasteiger charge is 2.18. The molecule has 0 aromatic rings. The average Bonchev–Trinajstić information content (AvgIpc) is 1.81. The molecular weight excluding hydrogens is 228 g/mol. The number of hydrogen-bond acceptors (Lipinski definition) is 5. The van der Waals surface area contributed by atoms with Crippen LogP contribution >= 0.6 is 10.7 Å². The molecular formula is C4H3ClO7S. The number of rotatable bonds is 4. The molecule has 7 nitrogen and oxygen atoms in total. The van der Waals surface area contributed by atoms with Crippen molar-refractivity contribution in [3.8, 4) is 0 Å². The number of hydrogen-bond donors (Lipinski definition) is 2. The molecule has 0 unspecified atom stereocenters. The molecule has 0 aliphatic rings. The molecule has 0 fully saturated rings. The molecule has 0 aliphatic heterocycles. The number of aliphatic carboxylic acids is 2. The summed E-state index contributed by atoms with van der Waals surface area (Å²) in [6, 6.07) is 0. The molecule has 0 aromatic carbocycles. The molecule has 0 saturated carbocycles. The normalized spacial score (nSPS) is 12.2. The summed E-state index contributed by atoms with van der Waals surface area (Å²) in [6.45, 7) is 0. The molecule has 9 heteroatoms. The summed E-state index contributed by atoms with van der Waals surface area (Å²) in [5.41, 5.74) is 0. The summed E-state index contributed by atoms with van der Waals surface area (Å²) in [5.74, 6) is -4.81. The fourth-order valence-corrected chi connectivity index (χ4v) is 0.878. The summed E-state index contributed by atoms with van der Waals surface area (Å²) < 4.78 is 24.0. The number of carbonyl (C=O) groups is 2. The molecule has 0 rings (SSSR count). The zero-order chi connectivity index (χ0) is 10.6. The van der Waals surface area contributed by atoms with E-state index in [1.54, 1.807) is 0 Å². The van der Waals surface area contributed by atoms with Crippen molar-refractivity contribution in [1.29, 1.82) is 0 Å². The Morgan fingerprint density at radius 1 is 1.31 bits per heavy atom. The average molecular weight is 231 g/mol. The Labute approximate surface area is 76.8 Å². The van der Waals surface area contributed by atoms with E-state index in [0.717, 1.165) is 0 Å². The van der Waals surface area contributed by atoms with E-state index >= 15 is 0 Å². The molecule has 0 aromatic heterocycles. The van der Waals surface area contributed by atoms with E-state index in [-0.39, 0.29) is 6.08 Å². The van der Waals surface area contributed by atoms with E-state index < -0.39 is 27.0 Å². The van der Waals surface area contributed by atoms with Crippen molar-refractivity contribution in [1.82, 2.24) is 0 Å². The van der Waals surface area contributed by atoms with E-state index in [1.165, 1.54) is 0 Å². The molecule has 0 atom stereocenters. The van der Waals surface area contributed by atoms with Gasteiger partial charge in [0.25, 0.3) is 0 Å². The highest BCUT2D eigenvalue weighted by atomic mass is 35.7. The zero-order valence-corrected chi connectivity index (χ0v) is 7.37. The number of carboxylic acids is 2. The van der Waals surface area contributed by atoms with Crippen molar-refractivity contribution in [2.75, 3.05) is 0 Å². The van der Waals surface area contributed by atoms with Gasteiger partial charge in [0.2, 0.25) is 5.76 Å². The lowest BCUT2D eigenvalue weighted by atomic mass is 10.4. The van der Waals surface area contributed by atoms with Gasteiger partial charge in [0.15, 0.2) is 0 Å². The Morgan fingerprint density at radius 2 is 1.77 bits per heavy atom. The topological polar surface area (TPSA) is 118 Å². The van der Waals surface area contributed by atoms with Crippen LogP contribution in [0.2, 0.25) is 0 Å². The maximum absolute atomic E-state index is 10.2. The Morgan fingerprint density at radius 3 is 2.00 bits per heavy atom. The van der Waals surface area contributed by atoms with Crippen LogP contribution in [0.4, 0.5) is 0 Å². The zero-order valence-electron chi connectivity index (χ0n) is 5.80. The van der Waals surface area contributed by atoms with E-state index in [4.69, 9.17) is 10.2 Å². The molecule has 0 bridgehead atoms. The van der Waals surface area contributed by atoms with Crippen molar-refractivity contribution >= 4 is 32.0 Å². The summed E-state index contributed by atoms with van der Waals surface area (Å²) in [4.78, 5) is 20.1. The molecule has 0 heterocycles. The maximum atomic E-state index is 10.2. The second-order valence-electron chi connectivity index (χ2n) is 1.63. The third kappa shape index (κ3) is 5.93. The van der Waals surface area contributed by atoms with Gasteiger partial charge >= 0.3 is 21.3 Å². The van der Waals surface area contributed by atoms with Crippen LogP contribution in [0.5, 0.6) is 0 Å². The van der Waals surface area contributed by atoms with Gasteiger partial charge in [-0.15, -0.1) is 0 Å². The van der Waals surface area contributed by atoms with E-state index in [0.29, 0.717) is 0 Å². The molecule has 13 heavy (non-hydrogen) atoms. The third-order valence-corrected chi connectivity index (χ3v) is 1.22. The lowest BCUT2D eigenvalue weighted by Gasteiger charge is -1.98. The van der Waals surface area contributed by atoms with Gasteiger partial charge in [-0.1, -0.05) is 0 Å². The van der Waals surface area contributed by atoms with Crippen LogP contribution in [0.15, 0.2) is 11.8 Å². The van der Waals surface area contributed by atoms with Gasteiger partial charge in [-0.2, -0.15) is 8.42 Å². The van der Waals surface area contributed by atoms with Crippen LogP contribution in [-0.2, 0) is 23.1 Å². The Hall–Kier alpha value is -1.28. The lowest BCUT2D eigenvalue weighted by Crippen LogP contribution is -2.09. The van der Waals surface area contributed by atoms with Gasteiger partial charge in [0.1, 0.15) is 0 Å². The van der Waals surface area contributed by atoms with Gasteiger partial charge in [-0.05, 0) is 0 Å². The largest absolute Gasteiger partial charge is 0.478 e. The summed E-state index contributed by atoms with van der Waals surface area (Å²) in [5, 5.41) is 16.3. The fraction of sp³-hybridized carbons (Fsp3) is 0. The second-order valence-corrected chi connectivity index (χ2v) is 3.72. The standard InChI is InChI=1S/C4H3ClO7S/c5-13(10,11)12-2(4(8)9)1-3(6)7/h1H,(H,6,7)(H,8,9)/b2-1-. The number of halogens is 1. The second kappa shape index (κ2) is 4.10. The van der Waals surface area contributed by atoms with Crippen LogP contribution in [0.25, 0.3) is 0 Å². The fourth-order valence-electron chi connectivity index (χ4n) is 0.341. The molecule has 0 spiro atoms. The van der Waals surface area contributed by atoms with E-state index in [2.05, 4.69) is 14.9 Å². The molecule has 0 radical (unpaired) electrons. The highest BCUT2D eigenvalue weighted by molar-refractivity contribution is 8.10. The first kappa shape index (κ1) is 11.7. The first-order valence-electron chi connectivity index (χ1n) is 2.54. The monoisotopic (exact) mass is 230 g/mol. The Kier molecular flexibility index (Phi) is 3.69. The van der Waals surface area contributed by atoms with Gasteiger partial charge in [-0.3, -0.25) is 0 Å². The molecule has 0 aliphatic carbocycles. The van der Waals surface area contributed by atoms with Gasteiger partial charge < -0.3 is 14.4 Å². The van der Waals surface area contributed by atoms with Crippen LogP contribution in [0, 0.1) is 0 Å². The van der Waals surface area contributed by atoms with Crippen molar-refractivity contribution in [2.45, 2.75) is 0 Å².